The van der Waals surface area contributed by atoms with Gasteiger partial charge in [-0.2, -0.15) is 4.98 Å². The van der Waals surface area contributed by atoms with Crippen LogP contribution in [0.3, 0.4) is 0 Å². The van der Waals surface area contributed by atoms with Gasteiger partial charge in [0.1, 0.15) is 0 Å². The lowest BCUT2D eigenvalue weighted by Gasteiger charge is -2.16. The highest BCUT2D eigenvalue weighted by atomic mass is 15.4. The number of nitrogens with zero attached hydrogens (tertiary/aromatic N) is 5. The van der Waals surface area contributed by atoms with Crippen molar-refractivity contribution in [3.8, 4) is 11.3 Å². The van der Waals surface area contributed by atoms with Gasteiger partial charge in [-0.05, 0) is 99.8 Å². The highest BCUT2D eigenvalue weighted by Crippen LogP contribution is 2.27. The third-order valence-electron chi connectivity index (χ3n) is 6.68. The number of fused-ring (bicyclic) bond motifs is 1. The zero-order valence-corrected chi connectivity index (χ0v) is 20.5. The zero-order valence-electron chi connectivity index (χ0n) is 20.5. The molecule has 1 N–H and O–H groups in total. The normalized spacial score (nSPS) is 14.1. The number of pyridine rings is 1. The van der Waals surface area contributed by atoms with Gasteiger partial charge in [0.15, 0.2) is 5.65 Å². The Hall–Kier alpha value is -3.38. The molecule has 0 amide bonds. The summed E-state index contributed by atoms with van der Waals surface area (Å²) in [5.41, 5.74) is 7.82. The largest absolute Gasteiger partial charge is 0.377 e. The van der Waals surface area contributed by atoms with Gasteiger partial charge in [-0.25, -0.2) is 4.52 Å². The van der Waals surface area contributed by atoms with Crippen LogP contribution < -0.4 is 10.2 Å². The van der Waals surface area contributed by atoms with Gasteiger partial charge in [-0.1, -0.05) is 24.3 Å². The van der Waals surface area contributed by atoms with Crippen molar-refractivity contribution < 1.29 is 0 Å². The van der Waals surface area contributed by atoms with Crippen LogP contribution in [0.2, 0.25) is 0 Å². The summed E-state index contributed by atoms with van der Waals surface area (Å²) in [6, 6.07) is 21.3. The van der Waals surface area contributed by atoms with Gasteiger partial charge in [0, 0.05) is 31.0 Å². The molecule has 34 heavy (non-hydrogen) atoms. The lowest BCUT2D eigenvalue weighted by Crippen LogP contribution is -2.20. The van der Waals surface area contributed by atoms with Crippen LogP contribution >= 0.6 is 0 Å². The molecule has 176 valence electrons. The van der Waals surface area contributed by atoms with Gasteiger partial charge in [-0.3, -0.25) is 0 Å². The molecule has 1 aliphatic rings. The molecule has 2 aromatic carbocycles. The molecule has 6 heteroatoms. The molecule has 0 aliphatic carbocycles. The molecule has 0 unspecified atom stereocenters. The van der Waals surface area contributed by atoms with Crippen LogP contribution in [0.25, 0.3) is 16.9 Å². The summed E-state index contributed by atoms with van der Waals surface area (Å²) in [7, 11) is 4.14. The van der Waals surface area contributed by atoms with E-state index in [0.29, 0.717) is 5.95 Å². The van der Waals surface area contributed by atoms with Gasteiger partial charge in [0.05, 0.1) is 5.69 Å². The van der Waals surface area contributed by atoms with Gasteiger partial charge < -0.3 is 15.1 Å². The fourth-order valence-corrected chi connectivity index (χ4v) is 4.89. The molecule has 6 nitrogen and oxygen atoms in total. The number of hydrogen-bond donors (Lipinski definition) is 1. The van der Waals surface area contributed by atoms with Crippen molar-refractivity contribution in [2.75, 3.05) is 43.9 Å². The van der Waals surface area contributed by atoms with Crippen molar-refractivity contribution in [1.82, 2.24) is 19.5 Å². The second-order valence-corrected chi connectivity index (χ2v) is 9.49. The summed E-state index contributed by atoms with van der Waals surface area (Å²) in [6.45, 7) is 5.91. The highest BCUT2D eigenvalue weighted by Gasteiger charge is 2.12. The molecule has 1 fully saturated rings. The van der Waals surface area contributed by atoms with Crippen molar-refractivity contribution >= 4 is 23.0 Å². The first-order valence-corrected chi connectivity index (χ1v) is 12.3. The maximum absolute atomic E-state index is 4.77. The van der Waals surface area contributed by atoms with E-state index in [-0.39, 0.29) is 0 Å². The zero-order chi connectivity index (χ0) is 23.5. The molecule has 1 saturated heterocycles. The Morgan fingerprint density at radius 2 is 1.76 bits per heavy atom. The first-order chi connectivity index (χ1) is 16.6. The Kier molecular flexibility index (Phi) is 6.50. The summed E-state index contributed by atoms with van der Waals surface area (Å²) in [5, 5.41) is 8.14. The van der Waals surface area contributed by atoms with Crippen LogP contribution in [-0.2, 0) is 6.42 Å². The summed E-state index contributed by atoms with van der Waals surface area (Å²) in [5.74, 6) is 0.607. The van der Waals surface area contributed by atoms with Crippen LogP contribution in [0.5, 0.6) is 0 Å². The number of benzene rings is 2. The molecule has 1 aliphatic heterocycles. The Morgan fingerprint density at radius 3 is 2.50 bits per heavy atom. The standard InChI is InChI=1S/C28H34N6/c1-21-20-23(13-16-25(21)32(2)3)26-9-6-10-27-30-28(31-34(26)27)29-24-14-11-22(12-15-24)8-7-19-33-17-4-5-18-33/h6,9-16,20H,4-5,7-8,17-19H2,1-3H3,(H,29,31). The maximum atomic E-state index is 4.77. The van der Waals surface area contributed by atoms with Crippen LogP contribution in [0.15, 0.2) is 60.7 Å². The average molecular weight is 455 g/mol. The van der Waals surface area contributed by atoms with E-state index >= 15 is 0 Å². The van der Waals surface area contributed by atoms with Crippen molar-refractivity contribution in [3.05, 3.63) is 71.8 Å². The third-order valence-corrected chi connectivity index (χ3v) is 6.68. The molecule has 3 heterocycles. The first-order valence-electron chi connectivity index (χ1n) is 12.3. The van der Waals surface area contributed by atoms with Crippen molar-refractivity contribution in [3.63, 3.8) is 0 Å². The number of hydrogen-bond acceptors (Lipinski definition) is 5. The SMILES string of the molecule is Cc1cc(-c2cccc3nc(Nc4ccc(CCCN5CCCC5)cc4)nn23)ccc1N(C)C. The fourth-order valence-electron chi connectivity index (χ4n) is 4.89. The Morgan fingerprint density at radius 1 is 0.971 bits per heavy atom. The minimum absolute atomic E-state index is 0.607. The van der Waals surface area contributed by atoms with Crippen LogP contribution in [0, 0.1) is 6.92 Å². The molecule has 2 aromatic heterocycles. The maximum Gasteiger partial charge on any atom is 0.247 e. The van der Waals surface area contributed by atoms with Gasteiger partial charge >= 0.3 is 0 Å². The average Bonchev–Trinajstić information content (AvgIpc) is 3.49. The van der Waals surface area contributed by atoms with Crippen LogP contribution in [0.4, 0.5) is 17.3 Å². The summed E-state index contributed by atoms with van der Waals surface area (Å²) in [4.78, 5) is 9.42. The highest BCUT2D eigenvalue weighted by molar-refractivity contribution is 5.69. The smallest absolute Gasteiger partial charge is 0.247 e. The molecular weight excluding hydrogens is 420 g/mol. The molecule has 0 atom stereocenters. The van der Waals surface area contributed by atoms with Crippen molar-refractivity contribution in [2.45, 2.75) is 32.6 Å². The molecule has 0 radical (unpaired) electrons. The fraction of sp³-hybridized carbons (Fsp3) is 0.357. The van der Waals surface area contributed by atoms with Gasteiger partial charge in [-0.15, -0.1) is 5.10 Å². The van der Waals surface area contributed by atoms with Crippen LogP contribution in [0.1, 0.15) is 30.4 Å². The van der Waals surface area contributed by atoms with Crippen LogP contribution in [-0.4, -0.2) is 53.2 Å². The van der Waals surface area contributed by atoms with E-state index in [9.17, 15) is 0 Å². The summed E-state index contributed by atoms with van der Waals surface area (Å²) >= 11 is 0. The van der Waals surface area contributed by atoms with E-state index < -0.39 is 0 Å². The Balaban J connectivity index is 1.29. The number of aromatic nitrogens is 3. The van der Waals surface area contributed by atoms with Gasteiger partial charge in [0.25, 0.3) is 0 Å². The quantitative estimate of drug-likeness (QED) is 0.379. The molecule has 4 aromatic rings. The molecule has 0 spiro atoms. The lowest BCUT2D eigenvalue weighted by atomic mass is 10.1. The number of aryl methyl sites for hydroxylation is 2. The monoisotopic (exact) mass is 454 g/mol. The minimum Gasteiger partial charge on any atom is -0.377 e. The second-order valence-electron chi connectivity index (χ2n) is 9.49. The minimum atomic E-state index is 0.607. The molecule has 5 rings (SSSR count). The lowest BCUT2D eigenvalue weighted by molar-refractivity contribution is 0.334. The Labute approximate surface area is 202 Å². The second kappa shape index (κ2) is 9.85. The van der Waals surface area contributed by atoms with E-state index in [1.807, 2.05) is 16.6 Å². The summed E-state index contributed by atoms with van der Waals surface area (Å²) < 4.78 is 1.92. The summed E-state index contributed by atoms with van der Waals surface area (Å²) in [6.07, 6.45) is 5.07. The number of anilines is 3. The number of rotatable bonds is 8. The topological polar surface area (TPSA) is 48.7 Å². The Bertz CT molecular complexity index is 1250. The van der Waals surface area contributed by atoms with Crippen molar-refractivity contribution in [2.24, 2.45) is 0 Å². The molecule has 0 bridgehead atoms. The number of likely N-dealkylation sites (tertiary alicyclic amines) is 1. The van der Waals surface area contributed by atoms with E-state index in [0.717, 1.165) is 29.0 Å². The third kappa shape index (κ3) is 4.92. The van der Waals surface area contributed by atoms with E-state index in [2.05, 4.69) is 84.7 Å². The van der Waals surface area contributed by atoms with E-state index in [1.54, 1.807) is 0 Å². The van der Waals surface area contributed by atoms with Crippen molar-refractivity contribution in [1.29, 1.82) is 0 Å². The number of nitrogens with one attached hydrogen (secondary N) is 1. The van der Waals surface area contributed by atoms with E-state index in [1.165, 1.54) is 55.7 Å². The van der Waals surface area contributed by atoms with E-state index in [4.69, 9.17) is 10.1 Å². The predicted molar refractivity (Wildman–Crippen MR) is 141 cm³/mol. The first kappa shape index (κ1) is 22.4. The predicted octanol–water partition coefficient (Wildman–Crippen LogP) is 5.54. The molecule has 0 saturated carbocycles. The van der Waals surface area contributed by atoms with Gasteiger partial charge in [0.2, 0.25) is 5.95 Å². The molecular formula is C28H34N6.